The summed E-state index contributed by atoms with van der Waals surface area (Å²) in [4.78, 5) is 3.61. The van der Waals surface area contributed by atoms with Gasteiger partial charge in [0.15, 0.2) is 0 Å². The summed E-state index contributed by atoms with van der Waals surface area (Å²) in [6, 6.07) is 1.45. The van der Waals surface area contributed by atoms with Gasteiger partial charge < -0.3 is 11.5 Å². The van der Waals surface area contributed by atoms with Gasteiger partial charge in [0.1, 0.15) is 10.3 Å². The summed E-state index contributed by atoms with van der Waals surface area (Å²) >= 11 is 2.98. The molecule has 0 aromatic carbocycles. The van der Waals surface area contributed by atoms with Crippen molar-refractivity contribution >= 4 is 21.6 Å². The van der Waals surface area contributed by atoms with Crippen LogP contribution < -0.4 is 11.5 Å². The van der Waals surface area contributed by atoms with E-state index < -0.39 is 6.43 Å². The van der Waals surface area contributed by atoms with Crippen molar-refractivity contribution < 1.29 is 8.78 Å². The molecule has 0 radical (unpaired) electrons. The largest absolute Gasteiger partial charge is 0.398 e. The summed E-state index contributed by atoms with van der Waals surface area (Å²) in [5.74, 6) is 0. The minimum atomic E-state index is -2.65. The molecular formula is C7H8BrF2N3. The maximum atomic E-state index is 12.4. The molecule has 6 heteroatoms. The van der Waals surface area contributed by atoms with Crippen LogP contribution in [-0.2, 0) is 6.54 Å². The number of pyridine rings is 1. The van der Waals surface area contributed by atoms with Crippen molar-refractivity contribution in [3.05, 3.63) is 21.9 Å². The fourth-order valence-corrected chi connectivity index (χ4v) is 1.42. The standard InChI is InChI=1S/C7H8BrF2N3/c8-5-1-4(12)3(2-11)6(13-5)7(9)10/h1,7H,2,11H2,(H2,12,13). The second kappa shape index (κ2) is 3.97. The number of nitrogens with two attached hydrogens (primary N) is 2. The first-order valence-electron chi connectivity index (χ1n) is 3.49. The van der Waals surface area contributed by atoms with E-state index >= 15 is 0 Å². The van der Waals surface area contributed by atoms with Crippen molar-refractivity contribution in [1.82, 2.24) is 4.98 Å². The minimum Gasteiger partial charge on any atom is -0.398 e. The molecule has 0 aliphatic heterocycles. The molecule has 0 amide bonds. The molecule has 1 aromatic rings. The number of nitrogen functional groups attached to an aromatic ring is 1. The van der Waals surface area contributed by atoms with E-state index in [1.807, 2.05) is 0 Å². The third-order valence-electron chi connectivity index (χ3n) is 1.57. The van der Waals surface area contributed by atoms with Crippen LogP contribution in [0.4, 0.5) is 14.5 Å². The summed E-state index contributed by atoms with van der Waals surface area (Å²) in [6.45, 7) is -0.0359. The van der Waals surface area contributed by atoms with Crippen LogP contribution in [0.5, 0.6) is 0 Å². The summed E-state index contributed by atoms with van der Waals surface area (Å²) in [7, 11) is 0. The molecule has 1 rings (SSSR count). The Kier molecular flexibility index (Phi) is 3.16. The van der Waals surface area contributed by atoms with Gasteiger partial charge in [-0.25, -0.2) is 13.8 Å². The van der Waals surface area contributed by atoms with Gasteiger partial charge in [0.2, 0.25) is 0 Å². The lowest BCUT2D eigenvalue weighted by molar-refractivity contribution is 0.144. The lowest BCUT2D eigenvalue weighted by Crippen LogP contribution is -2.08. The summed E-state index contributed by atoms with van der Waals surface area (Å²) in [5, 5.41) is 0. The monoisotopic (exact) mass is 251 g/mol. The van der Waals surface area contributed by atoms with Gasteiger partial charge in [-0.1, -0.05) is 0 Å². The number of hydrogen-bond donors (Lipinski definition) is 2. The molecule has 0 saturated heterocycles. The SMILES string of the molecule is NCc1c(N)cc(Br)nc1C(F)F. The molecule has 0 fully saturated rings. The number of hydrogen-bond acceptors (Lipinski definition) is 3. The summed E-state index contributed by atoms with van der Waals surface area (Å²) in [5.41, 5.74) is 10.8. The van der Waals surface area contributed by atoms with E-state index in [-0.39, 0.29) is 28.1 Å². The van der Waals surface area contributed by atoms with E-state index in [2.05, 4.69) is 20.9 Å². The lowest BCUT2D eigenvalue weighted by atomic mass is 10.1. The Labute approximate surface area is 82.3 Å². The van der Waals surface area contributed by atoms with Crippen LogP contribution in [0, 0.1) is 0 Å². The molecule has 3 nitrogen and oxygen atoms in total. The normalized spacial score (nSPS) is 10.8. The van der Waals surface area contributed by atoms with Gasteiger partial charge in [0.25, 0.3) is 6.43 Å². The average Bonchev–Trinajstić information content (AvgIpc) is 2.02. The Morgan fingerprint density at radius 1 is 1.54 bits per heavy atom. The van der Waals surface area contributed by atoms with Gasteiger partial charge in [0, 0.05) is 17.8 Å². The number of halogens is 3. The molecule has 0 saturated carbocycles. The van der Waals surface area contributed by atoms with Gasteiger partial charge >= 0.3 is 0 Å². The van der Waals surface area contributed by atoms with Crippen LogP contribution in [-0.4, -0.2) is 4.98 Å². The number of rotatable bonds is 2. The Bertz CT molecular complexity index is 317. The quantitative estimate of drug-likeness (QED) is 0.789. The number of alkyl halides is 2. The van der Waals surface area contributed by atoms with Gasteiger partial charge in [-0.05, 0) is 22.0 Å². The predicted molar refractivity (Wildman–Crippen MR) is 49.2 cm³/mol. The first-order valence-corrected chi connectivity index (χ1v) is 4.28. The first-order chi connectivity index (χ1) is 6.06. The van der Waals surface area contributed by atoms with Crippen LogP contribution in [0.3, 0.4) is 0 Å². The van der Waals surface area contributed by atoms with Crippen molar-refractivity contribution in [2.45, 2.75) is 13.0 Å². The molecule has 72 valence electrons. The van der Waals surface area contributed by atoms with Crippen molar-refractivity contribution in [1.29, 1.82) is 0 Å². The molecule has 0 aliphatic carbocycles. The van der Waals surface area contributed by atoms with E-state index in [0.29, 0.717) is 0 Å². The lowest BCUT2D eigenvalue weighted by Gasteiger charge is -2.09. The van der Waals surface area contributed by atoms with Gasteiger partial charge in [-0.15, -0.1) is 0 Å². The van der Waals surface area contributed by atoms with Crippen LogP contribution in [0.25, 0.3) is 0 Å². The second-order valence-electron chi connectivity index (χ2n) is 2.40. The third kappa shape index (κ3) is 2.13. The number of aromatic nitrogens is 1. The molecule has 13 heavy (non-hydrogen) atoms. The van der Waals surface area contributed by atoms with E-state index in [1.54, 1.807) is 0 Å². The van der Waals surface area contributed by atoms with Gasteiger partial charge in [0.05, 0.1) is 0 Å². The van der Waals surface area contributed by atoms with Crippen molar-refractivity contribution in [3.63, 3.8) is 0 Å². The van der Waals surface area contributed by atoms with Crippen molar-refractivity contribution in [2.75, 3.05) is 5.73 Å². The molecule has 1 heterocycles. The Hall–Kier alpha value is -0.750. The highest BCUT2D eigenvalue weighted by molar-refractivity contribution is 9.10. The first kappa shape index (κ1) is 10.3. The zero-order valence-corrected chi connectivity index (χ0v) is 8.18. The highest BCUT2D eigenvalue weighted by Gasteiger charge is 2.16. The zero-order valence-electron chi connectivity index (χ0n) is 6.60. The van der Waals surface area contributed by atoms with E-state index in [1.165, 1.54) is 6.07 Å². The Balaban J connectivity index is 3.29. The maximum Gasteiger partial charge on any atom is 0.280 e. The van der Waals surface area contributed by atoms with E-state index in [0.717, 1.165) is 0 Å². The van der Waals surface area contributed by atoms with Gasteiger partial charge in [-0.2, -0.15) is 0 Å². The highest BCUT2D eigenvalue weighted by atomic mass is 79.9. The molecule has 4 N–H and O–H groups in total. The third-order valence-corrected chi connectivity index (χ3v) is 1.98. The highest BCUT2D eigenvalue weighted by Crippen LogP contribution is 2.27. The van der Waals surface area contributed by atoms with Crippen molar-refractivity contribution in [3.8, 4) is 0 Å². The minimum absolute atomic E-state index is 0.0359. The molecule has 0 spiro atoms. The predicted octanol–water partition coefficient (Wildman–Crippen LogP) is 1.82. The summed E-state index contributed by atoms with van der Waals surface area (Å²) in [6.07, 6.45) is -2.65. The molecular weight excluding hydrogens is 244 g/mol. The van der Waals surface area contributed by atoms with Crippen LogP contribution in [0.15, 0.2) is 10.7 Å². The molecule has 0 unspecified atom stereocenters. The number of anilines is 1. The smallest absolute Gasteiger partial charge is 0.280 e. The van der Waals surface area contributed by atoms with Gasteiger partial charge in [-0.3, -0.25) is 0 Å². The van der Waals surface area contributed by atoms with Crippen LogP contribution >= 0.6 is 15.9 Å². The molecule has 0 atom stereocenters. The summed E-state index contributed by atoms with van der Waals surface area (Å²) < 4.78 is 25.0. The van der Waals surface area contributed by atoms with Crippen LogP contribution in [0.2, 0.25) is 0 Å². The molecule has 0 bridgehead atoms. The Morgan fingerprint density at radius 3 is 2.62 bits per heavy atom. The van der Waals surface area contributed by atoms with Crippen molar-refractivity contribution in [2.24, 2.45) is 5.73 Å². The zero-order chi connectivity index (χ0) is 10.0. The van der Waals surface area contributed by atoms with E-state index in [9.17, 15) is 8.78 Å². The maximum absolute atomic E-state index is 12.4. The number of nitrogens with zero attached hydrogens (tertiary/aromatic N) is 1. The topological polar surface area (TPSA) is 64.9 Å². The fourth-order valence-electron chi connectivity index (χ4n) is 0.981. The second-order valence-corrected chi connectivity index (χ2v) is 3.22. The van der Waals surface area contributed by atoms with E-state index in [4.69, 9.17) is 11.5 Å². The average molecular weight is 252 g/mol. The van der Waals surface area contributed by atoms with Crippen LogP contribution in [0.1, 0.15) is 17.7 Å². The molecule has 0 aliphatic rings. The fraction of sp³-hybridized carbons (Fsp3) is 0.286. The Morgan fingerprint density at radius 2 is 2.15 bits per heavy atom. The molecule has 1 aromatic heterocycles.